The SMILES string of the molecule is Cc1cn([C@]2(C(F)(F)F)O[C@H](CO)[C@@H](O)[C@H]2O)c(=O)nc1N. The number of nitrogens with two attached hydrogens (primary N) is 1. The van der Waals surface area contributed by atoms with E-state index in [2.05, 4.69) is 9.72 Å². The number of alkyl halides is 3. The molecule has 22 heavy (non-hydrogen) atoms. The van der Waals surface area contributed by atoms with Gasteiger partial charge in [0.1, 0.15) is 24.1 Å². The summed E-state index contributed by atoms with van der Waals surface area (Å²) in [6, 6.07) is 0. The van der Waals surface area contributed by atoms with Gasteiger partial charge >= 0.3 is 11.9 Å². The molecular weight excluding hydrogens is 311 g/mol. The van der Waals surface area contributed by atoms with Crippen molar-refractivity contribution in [3.05, 3.63) is 22.2 Å². The zero-order valence-electron chi connectivity index (χ0n) is 11.3. The maximum atomic E-state index is 13.6. The summed E-state index contributed by atoms with van der Waals surface area (Å²) < 4.78 is 45.3. The standard InChI is InChI=1S/C11H14F3N3O5/c1-4-2-17(9(21)16-8(4)15)10(11(12,13)14)7(20)6(19)5(3-18)22-10/h2,5-7,18-20H,3H2,1H3,(H2,15,16,21)/t5-,6-,7-,10+/m1/s1. The number of ether oxygens (including phenoxy) is 1. The molecule has 5 N–H and O–H groups in total. The lowest BCUT2D eigenvalue weighted by molar-refractivity contribution is -0.333. The second-order valence-corrected chi connectivity index (χ2v) is 4.93. The van der Waals surface area contributed by atoms with Crippen LogP contribution < -0.4 is 11.4 Å². The average molecular weight is 325 g/mol. The third-order valence-corrected chi connectivity index (χ3v) is 3.53. The van der Waals surface area contributed by atoms with Gasteiger partial charge in [0.05, 0.1) is 6.61 Å². The number of aliphatic hydroxyl groups is 3. The molecule has 2 rings (SSSR count). The lowest BCUT2D eigenvalue weighted by Gasteiger charge is -2.35. The van der Waals surface area contributed by atoms with Crippen LogP contribution in [0.2, 0.25) is 0 Å². The van der Waals surface area contributed by atoms with E-state index in [1.54, 1.807) is 0 Å². The number of anilines is 1. The molecule has 2 heterocycles. The maximum Gasteiger partial charge on any atom is 0.440 e. The van der Waals surface area contributed by atoms with Gasteiger partial charge in [-0.1, -0.05) is 0 Å². The summed E-state index contributed by atoms with van der Waals surface area (Å²) in [7, 11) is 0. The van der Waals surface area contributed by atoms with Gasteiger partial charge in [-0.05, 0) is 6.92 Å². The van der Waals surface area contributed by atoms with Gasteiger partial charge in [-0.2, -0.15) is 18.2 Å². The van der Waals surface area contributed by atoms with E-state index in [4.69, 9.17) is 10.8 Å². The molecule has 1 aliphatic heterocycles. The smallest absolute Gasteiger partial charge is 0.394 e. The van der Waals surface area contributed by atoms with Crippen molar-refractivity contribution in [2.75, 3.05) is 12.3 Å². The van der Waals surface area contributed by atoms with Crippen molar-refractivity contribution in [1.82, 2.24) is 9.55 Å². The Morgan fingerprint density at radius 2 is 2.09 bits per heavy atom. The summed E-state index contributed by atoms with van der Waals surface area (Å²) in [6.45, 7) is 0.329. The maximum absolute atomic E-state index is 13.6. The second-order valence-electron chi connectivity index (χ2n) is 4.93. The van der Waals surface area contributed by atoms with E-state index in [9.17, 15) is 28.2 Å². The normalized spacial score (nSPS) is 32.4. The Morgan fingerprint density at radius 3 is 2.55 bits per heavy atom. The largest absolute Gasteiger partial charge is 0.440 e. The first-order valence-electron chi connectivity index (χ1n) is 6.14. The third kappa shape index (κ3) is 2.17. The summed E-state index contributed by atoms with van der Waals surface area (Å²) in [5.74, 6) is -0.273. The fourth-order valence-electron chi connectivity index (χ4n) is 2.32. The van der Waals surface area contributed by atoms with Crippen molar-refractivity contribution in [3.63, 3.8) is 0 Å². The van der Waals surface area contributed by atoms with Gasteiger partial charge in [-0.25, -0.2) is 4.79 Å². The van der Waals surface area contributed by atoms with Gasteiger partial charge < -0.3 is 25.8 Å². The monoisotopic (exact) mass is 325 g/mol. The van der Waals surface area contributed by atoms with Gasteiger partial charge in [0.25, 0.3) is 5.72 Å². The van der Waals surface area contributed by atoms with Crippen LogP contribution >= 0.6 is 0 Å². The van der Waals surface area contributed by atoms with E-state index < -0.39 is 42.5 Å². The van der Waals surface area contributed by atoms with Gasteiger partial charge in [0.15, 0.2) is 0 Å². The summed E-state index contributed by atoms with van der Waals surface area (Å²) in [5, 5.41) is 28.5. The zero-order chi connectivity index (χ0) is 16.9. The van der Waals surface area contributed by atoms with Crippen molar-refractivity contribution in [3.8, 4) is 0 Å². The molecule has 1 aromatic heterocycles. The first-order chi connectivity index (χ1) is 10.1. The molecule has 0 radical (unpaired) electrons. The van der Waals surface area contributed by atoms with Crippen LogP contribution in [0.1, 0.15) is 5.56 Å². The number of nitrogens with zero attached hydrogens (tertiary/aromatic N) is 2. The molecule has 11 heteroatoms. The molecule has 1 saturated heterocycles. The van der Waals surface area contributed by atoms with Crippen LogP contribution in [0, 0.1) is 6.92 Å². The minimum Gasteiger partial charge on any atom is -0.394 e. The van der Waals surface area contributed by atoms with E-state index in [0.717, 1.165) is 6.20 Å². The molecule has 0 aromatic carbocycles. The van der Waals surface area contributed by atoms with Crippen molar-refractivity contribution < 1.29 is 33.2 Å². The van der Waals surface area contributed by atoms with E-state index >= 15 is 0 Å². The zero-order valence-corrected chi connectivity index (χ0v) is 11.3. The lowest BCUT2D eigenvalue weighted by atomic mass is 10.0. The van der Waals surface area contributed by atoms with Gasteiger partial charge in [0, 0.05) is 11.8 Å². The molecule has 1 fully saturated rings. The van der Waals surface area contributed by atoms with E-state index in [1.165, 1.54) is 6.92 Å². The highest BCUT2D eigenvalue weighted by Gasteiger charge is 2.70. The molecule has 0 aliphatic carbocycles. The van der Waals surface area contributed by atoms with Gasteiger partial charge in [0.2, 0.25) is 0 Å². The van der Waals surface area contributed by atoms with E-state index in [0.29, 0.717) is 0 Å². The predicted molar refractivity (Wildman–Crippen MR) is 65.6 cm³/mol. The number of aryl methyl sites for hydroxylation is 1. The van der Waals surface area contributed by atoms with Crippen LogP contribution in [-0.4, -0.2) is 56.0 Å². The van der Waals surface area contributed by atoms with Crippen LogP contribution in [0.15, 0.2) is 11.0 Å². The predicted octanol–water partition coefficient (Wildman–Crippen LogP) is -1.54. The van der Waals surface area contributed by atoms with Crippen molar-refractivity contribution in [1.29, 1.82) is 0 Å². The fraction of sp³-hybridized carbons (Fsp3) is 0.636. The van der Waals surface area contributed by atoms with Gasteiger partial charge in [-0.3, -0.25) is 4.57 Å². The van der Waals surface area contributed by atoms with Crippen LogP contribution in [-0.2, 0) is 10.5 Å². The quantitative estimate of drug-likeness (QED) is 0.518. The highest BCUT2D eigenvalue weighted by Crippen LogP contribution is 2.46. The topological polar surface area (TPSA) is 131 Å². The minimum absolute atomic E-state index is 0.0300. The number of aliphatic hydroxyl groups excluding tert-OH is 3. The number of nitrogen functional groups attached to an aromatic ring is 1. The Balaban J connectivity index is 2.73. The highest BCUT2D eigenvalue weighted by atomic mass is 19.4. The van der Waals surface area contributed by atoms with Gasteiger partial charge in [-0.15, -0.1) is 0 Å². The Morgan fingerprint density at radius 1 is 1.50 bits per heavy atom. The molecule has 124 valence electrons. The Labute approximate surface area is 121 Å². The molecule has 0 saturated carbocycles. The summed E-state index contributed by atoms with van der Waals surface area (Å²) in [4.78, 5) is 15.1. The van der Waals surface area contributed by atoms with Crippen LogP contribution in [0.4, 0.5) is 19.0 Å². The number of halogens is 3. The van der Waals surface area contributed by atoms with Crippen molar-refractivity contribution >= 4 is 5.82 Å². The molecule has 8 nitrogen and oxygen atoms in total. The van der Waals surface area contributed by atoms with E-state index in [1.807, 2.05) is 0 Å². The lowest BCUT2D eigenvalue weighted by Crippen LogP contribution is -2.59. The molecule has 0 amide bonds. The molecule has 4 atom stereocenters. The molecule has 0 bridgehead atoms. The van der Waals surface area contributed by atoms with Crippen molar-refractivity contribution in [2.45, 2.75) is 37.1 Å². The molecular formula is C11H14F3N3O5. The number of hydrogen-bond donors (Lipinski definition) is 4. The molecule has 1 aromatic rings. The van der Waals surface area contributed by atoms with Crippen LogP contribution in [0.25, 0.3) is 0 Å². The van der Waals surface area contributed by atoms with Crippen LogP contribution in [0.5, 0.6) is 0 Å². The highest BCUT2D eigenvalue weighted by molar-refractivity contribution is 5.35. The minimum atomic E-state index is -5.27. The van der Waals surface area contributed by atoms with E-state index in [-0.39, 0.29) is 15.9 Å². The Kier molecular flexibility index (Phi) is 3.94. The molecule has 1 aliphatic rings. The third-order valence-electron chi connectivity index (χ3n) is 3.53. The number of hydrogen-bond acceptors (Lipinski definition) is 7. The second kappa shape index (κ2) is 5.19. The molecule has 0 unspecified atom stereocenters. The Bertz CT molecular complexity index is 634. The Hall–Kier alpha value is -1.69. The summed E-state index contributed by atoms with van der Waals surface area (Å²) >= 11 is 0. The first kappa shape index (κ1) is 16.7. The number of rotatable bonds is 2. The molecule has 0 spiro atoms. The van der Waals surface area contributed by atoms with Crippen molar-refractivity contribution in [2.24, 2.45) is 0 Å². The number of aromatic nitrogens is 2. The average Bonchev–Trinajstić information content (AvgIpc) is 2.67. The fourth-order valence-corrected chi connectivity index (χ4v) is 2.32. The summed E-state index contributed by atoms with van der Waals surface area (Å²) in [5.41, 5.74) is 0.421. The first-order valence-corrected chi connectivity index (χ1v) is 6.14. The summed E-state index contributed by atoms with van der Waals surface area (Å²) in [6.07, 6.45) is -10.8. The van der Waals surface area contributed by atoms with Crippen LogP contribution in [0.3, 0.4) is 0 Å².